The largest absolute Gasteiger partial charge is 0.478 e. The number of hydrogen-bond donors (Lipinski definition) is 2. The molecular formula is C25H30ClNO5S2. The van der Waals surface area contributed by atoms with Crippen molar-refractivity contribution in [3.63, 3.8) is 0 Å². The second-order valence-electron chi connectivity index (χ2n) is 8.75. The molecule has 1 aromatic heterocycles. The third kappa shape index (κ3) is 6.72. The second-order valence-corrected chi connectivity index (χ2v) is 12.5. The van der Waals surface area contributed by atoms with E-state index in [1.165, 1.54) is 25.2 Å². The van der Waals surface area contributed by atoms with Gasteiger partial charge in [0.15, 0.2) is 15.4 Å². The van der Waals surface area contributed by atoms with Crippen molar-refractivity contribution in [2.75, 3.05) is 18.8 Å². The molecule has 0 atom stereocenters. The zero-order valence-electron chi connectivity index (χ0n) is 19.6. The van der Waals surface area contributed by atoms with E-state index in [-0.39, 0.29) is 5.75 Å². The number of carboxylic acid groups (broad SMARTS) is 1. The number of benzene rings is 2. The molecule has 184 valence electrons. The van der Waals surface area contributed by atoms with E-state index in [9.17, 15) is 18.3 Å². The highest BCUT2D eigenvalue weighted by molar-refractivity contribution is 7.93. The SMILES string of the molecule is Cc1c(S(=O)(=O)CCCNCCCc2cccc(OC(C)(C)C(=O)O)c2)sc2ccc(Cl)cc12. The van der Waals surface area contributed by atoms with Crippen LogP contribution in [-0.4, -0.2) is 43.9 Å². The number of halogens is 1. The highest BCUT2D eigenvalue weighted by Gasteiger charge is 2.29. The Bertz CT molecular complexity index is 1270. The van der Waals surface area contributed by atoms with Crippen molar-refractivity contribution >= 4 is 48.8 Å². The Morgan fingerprint density at radius 3 is 2.62 bits per heavy atom. The van der Waals surface area contributed by atoms with Crippen LogP contribution in [0.5, 0.6) is 5.75 Å². The summed E-state index contributed by atoms with van der Waals surface area (Å²) in [5.41, 5.74) is 0.541. The zero-order valence-corrected chi connectivity index (χ0v) is 21.9. The lowest BCUT2D eigenvalue weighted by molar-refractivity contribution is -0.152. The lowest BCUT2D eigenvalue weighted by Crippen LogP contribution is -2.37. The van der Waals surface area contributed by atoms with Crippen LogP contribution >= 0.6 is 22.9 Å². The number of hydrogen-bond acceptors (Lipinski definition) is 6. The molecule has 0 aliphatic carbocycles. The first-order valence-electron chi connectivity index (χ1n) is 11.1. The Morgan fingerprint density at radius 2 is 1.88 bits per heavy atom. The van der Waals surface area contributed by atoms with Gasteiger partial charge < -0.3 is 15.2 Å². The van der Waals surface area contributed by atoms with Crippen LogP contribution in [0, 0.1) is 6.92 Å². The summed E-state index contributed by atoms with van der Waals surface area (Å²) >= 11 is 7.37. The van der Waals surface area contributed by atoms with E-state index < -0.39 is 21.4 Å². The average Bonchev–Trinajstić information content (AvgIpc) is 3.09. The molecule has 0 saturated carbocycles. The first-order chi connectivity index (χ1) is 16.0. The smallest absolute Gasteiger partial charge is 0.347 e. The second kappa shape index (κ2) is 11.1. The molecule has 0 saturated heterocycles. The predicted octanol–water partition coefficient (Wildman–Crippen LogP) is 5.49. The Hall–Kier alpha value is -2.13. The van der Waals surface area contributed by atoms with Crippen LogP contribution in [0.1, 0.15) is 37.8 Å². The molecule has 9 heteroatoms. The number of aryl methyl sites for hydroxylation is 2. The molecule has 34 heavy (non-hydrogen) atoms. The summed E-state index contributed by atoms with van der Waals surface area (Å²) in [4.78, 5) is 11.2. The normalized spacial score (nSPS) is 12.2. The van der Waals surface area contributed by atoms with Crippen LogP contribution < -0.4 is 10.1 Å². The Morgan fingerprint density at radius 1 is 1.15 bits per heavy atom. The molecule has 2 aromatic carbocycles. The molecule has 0 bridgehead atoms. The van der Waals surface area contributed by atoms with Crippen LogP contribution in [0.2, 0.25) is 5.02 Å². The van der Waals surface area contributed by atoms with Crippen molar-refractivity contribution in [2.24, 2.45) is 0 Å². The summed E-state index contributed by atoms with van der Waals surface area (Å²) in [7, 11) is -3.35. The van der Waals surface area contributed by atoms with Crippen molar-refractivity contribution in [2.45, 2.75) is 49.8 Å². The van der Waals surface area contributed by atoms with Crippen LogP contribution in [0.15, 0.2) is 46.7 Å². The molecule has 6 nitrogen and oxygen atoms in total. The fourth-order valence-corrected chi connectivity index (χ4v) is 7.00. The number of carboxylic acids is 1. The van der Waals surface area contributed by atoms with E-state index >= 15 is 0 Å². The number of fused-ring (bicyclic) bond motifs is 1. The minimum atomic E-state index is -3.35. The monoisotopic (exact) mass is 523 g/mol. The molecule has 0 fully saturated rings. The predicted molar refractivity (Wildman–Crippen MR) is 138 cm³/mol. The lowest BCUT2D eigenvalue weighted by atomic mass is 10.1. The molecule has 2 N–H and O–H groups in total. The van der Waals surface area contributed by atoms with Gasteiger partial charge in [-0.3, -0.25) is 0 Å². The minimum absolute atomic E-state index is 0.0974. The van der Waals surface area contributed by atoms with Gasteiger partial charge in [0.2, 0.25) is 0 Å². The molecule has 3 rings (SSSR count). The lowest BCUT2D eigenvalue weighted by Gasteiger charge is -2.21. The minimum Gasteiger partial charge on any atom is -0.478 e. The molecule has 0 spiro atoms. The van der Waals surface area contributed by atoms with Crippen LogP contribution in [0.4, 0.5) is 0 Å². The van der Waals surface area contributed by atoms with Gasteiger partial charge in [-0.05, 0) is 100.0 Å². The molecule has 0 amide bonds. The summed E-state index contributed by atoms with van der Waals surface area (Å²) in [6.07, 6.45) is 2.21. The first-order valence-corrected chi connectivity index (χ1v) is 14.0. The number of carbonyl (C=O) groups is 1. The molecule has 0 unspecified atom stereocenters. The van der Waals surface area contributed by atoms with Gasteiger partial charge in [-0.15, -0.1) is 11.3 Å². The summed E-state index contributed by atoms with van der Waals surface area (Å²) in [6.45, 7) is 6.24. The fourth-order valence-electron chi connectivity index (χ4n) is 3.59. The quantitative estimate of drug-likeness (QED) is 0.305. The standard InChI is InChI=1S/C25H30ClNO5S2/c1-17-21-16-19(26)10-11-22(21)33-23(17)34(30,31)14-6-13-27-12-5-8-18-7-4-9-20(15-18)32-25(2,3)24(28)29/h4,7,9-11,15-16,27H,5-6,8,12-14H2,1-3H3,(H,28,29). The molecule has 0 aliphatic rings. The van der Waals surface area contributed by atoms with Gasteiger partial charge in [-0.25, -0.2) is 13.2 Å². The Balaban J connectivity index is 1.42. The van der Waals surface area contributed by atoms with Crippen molar-refractivity contribution < 1.29 is 23.1 Å². The number of thiophene rings is 1. The average molecular weight is 524 g/mol. The third-order valence-electron chi connectivity index (χ3n) is 5.51. The first kappa shape index (κ1) is 26.5. The number of rotatable bonds is 12. The number of nitrogens with one attached hydrogen (secondary N) is 1. The molecule has 3 aromatic rings. The molecule has 0 aliphatic heterocycles. The van der Waals surface area contributed by atoms with Gasteiger partial charge >= 0.3 is 5.97 Å². The topological polar surface area (TPSA) is 92.7 Å². The van der Waals surface area contributed by atoms with Crippen molar-refractivity contribution in [3.05, 3.63) is 58.6 Å². The fraction of sp³-hybridized carbons (Fsp3) is 0.400. The van der Waals surface area contributed by atoms with E-state index in [0.29, 0.717) is 27.9 Å². The number of sulfone groups is 1. The zero-order chi connectivity index (χ0) is 24.9. The van der Waals surface area contributed by atoms with Gasteiger partial charge in [0.1, 0.15) is 9.96 Å². The maximum absolute atomic E-state index is 12.9. The van der Waals surface area contributed by atoms with Crippen LogP contribution in [0.3, 0.4) is 0 Å². The van der Waals surface area contributed by atoms with E-state index in [1.54, 1.807) is 12.1 Å². The van der Waals surface area contributed by atoms with Gasteiger partial charge in [0.05, 0.1) is 5.75 Å². The van der Waals surface area contributed by atoms with Crippen molar-refractivity contribution in [3.8, 4) is 5.75 Å². The highest BCUT2D eigenvalue weighted by atomic mass is 35.5. The maximum atomic E-state index is 12.9. The molecule has 1 heterocycles. The van der Waals surface area contributed by atoms with Crippen molar-refractivity contribution in [1.29, 1.82) is 0 Å². The highest BCUT2D eigenvalue weighted by Crippen LogP contribution is 2.36. The van der Waals surface area contributed by atoms with E-state index in [0.717, 1.165) is 40.6 Å². The molecular weight excluding hydrogens is 494 g/mol. The Labute approximate surface area is 209 Å². The summed E-state index contributed by atoms with van der Waals surface area (Å²) in [6, 6.07) is 12.9. The van der Waals surface area contributed by atoms with Gasteiger partial charge in [-0.1, -0.05) is 23.7 Å². The third-order valence-corrected chi connectivity index (χ3v) is 9.52. The summed E-state index contributed by atoms with van der Waals surface area (Å²) in [5, 5.41) is 14.0. The molecule has 0 radical (unpaired) electrons. The van der Waals surface area contributed by atoms with Gasteiger partial charge in [0, 0.05) is 9.72 Å². The Kier molecular flexibility index (Phi) is 8.62. The van der Waals surface area contributed by atoms with Crippen molar-refractivity contribution in [1.82, 2.24) is 5.32 Å². The van der Waals surface area contributed by atoms with Gasteiger partial charge in [-0.2, -0.15) is 0 Å². The van der Waals surface area contributed by atoms with E-state index in [2.05, 4.69) is 5.32 Å². The summed E-state index contributed by atoms with van der Waals surface area (Å²) in [5.74, 6) is -0.391. The van der Waals surface area contributed by atoms with Crippen LogP contribution in [-0.2, 0) is 21.1 Å². The maximum Gasteiger partial charge on any atom is 0.347 e. The van der Waals surface area contributed by atoms with Gasteiger partial charge in [0.25, 0.3) is 0 Å². The van der Waals surface area contributed by atoms with E-state index in [1.807, 2.05) is 37.3 Å². The number of ether oxygens (including phenoxy) is 1. The van der Waals surface area contributed by atoms with E-state index in [4.69, 9.17) is 16.3 Å². The summed E-state index contributed by atoms with van der Waals surface area (Å²) < 4.78 is 32.7. The van der Waals surface area contributed by atoms with Crippen LogP contribution in [0.25, 0.3) is 10.1 Å². The number of aliphatic carboxylic acids is 1.